The standard InChI is InChI=1S/C20H17FN6O2S/c1-14-22-10-11-27(14)20-12-19(23-13-24-20)25-16-4-6-17(7-5-16)26-30(28,29)18-8-2-15(21)3-9-18/h2-13,26H,1H3,(H,23,24,25). The molecule has 0 amide bonds. The SMILES string of the molecule is Cc1nccn1-c1cc(Nc2ccc(NS(=O)(=O)c3ccc(F)cc3)cc2)ncn1. The lowest BCUT2D eigenvalue weighted by atomic mass is 10.3. The summed E-state index contributed by atoms with van der Waals surface area (Å²) in [5.74, 6) is 1.55. The van der Waals surface area contributed by atoms with Crippen molar-refractivity contribution in [2.45, 2.75) is 11.8 Å². The second kappa shape index (κ2) is 7.91. The van der Waals surface area contributed by atoms with E-state index in [1.165, 1.54) is 18.5 Å². The van der Waals surface area contributed by atoms with Crippen LogP contribution in [0.25, 0.3) is 5.82 Å². The first-order chi connectivity index (χ1) is 14.4. The van der Waals surface area contributed by atoms with Crippen molar-refractivity contribution in [1.82, 2.24) is 19.5 Å². The zero-order chi connectivity index (χ0) is 21.1. The largest absolute Gasteiger partial charge is 0.340 e. The molecule has 2 aromatic carbocycles. The van der Waals surface area contributed by atoms with Crippen molar-refractivity contribution in [3.8, 4) is 5.82 Å². The zero-order valence-corrected chi connectivity index (χ0v) is 16.6. The Morgan fingerprint density at radius 1 is 0.933 bits per heavy atom. The number of anilines is 3. The van der Waals surface area contributed by atoms with Crippen LogP contribution in [-0.2, 0) is 10.0 Å². The number of nitrogens with zero attached hydrogens (tertiary/aromatic N) is 4. The van der Waals surface area contributed by atoms with Crippen LogP contribution in [0.3, 0.4) is 0 Å². The van der Waals surface area contributed by atoms with Crippen LogP contribution in [0.2, 0.25) is 0 Å². The highest BCUT2D eigenvalue weighted by atomic mass is 32.2. The van der Waals surface area contributed by atoms with Crippen molar-refractivity contribution in [1.29, 1.82) is 0 Å². The molecule has 0 atom stereocenters. The van der Waals surface area contributed by atoms with Crippen LogP contribution < -0.4 is 10.0 Å². The Morgan fingerprint density at radius 3 is 2.30 bits per heavy atom. The Morgan fingerprint density at radius 2 is 1.63 bits per heavy atom. The maximum absolute atomic E-state index is 13.0. The molecule has 2 heterocycles. The van der Waals surface area contributed by atoms with Crippen LogP contribution >= 0.6 is 0 Å². The minimum absolute atomic E-state index is 0.0191. The molecule has 8 nitrogen and oxygen atoms in total. The predicted octanol–water partition coefficient (Wildman–Crippen LogP) is 3.65. The summed E-state index contributed by atoms with van der Waals surface area (Å²) < 4.78 is 42.1. The van der Waals surface area contributed by atoms with E-state index in [4.69, 9.17) is 0 Å². The Labute approximate surface area is 172 Å². The lowest BCUT2D eigenvalue weighted by molar-refractivity contribution is 0.599. The molecule has 0 spiro atoms. The van der Waals surface area contributed by atoms with Gasteiger partial charge in [0.25, 0.3) is 10.0 Å². The van der Waals surface area contributed by atoms with Gasteiger partial charge >= 0.3 is 0 Å². The highest BCUT2D eigenvalue weighted by molar-refractivity contribution is 7.92. The summed E-state index contributed by atoms with van der Waals surface area (Å²) in [6.07, 6.45) is 4.95. The molecule has 0 saturated carbocycles. The average molecular weight is 424 g/mol. The van der Waals surface area contributed by atoms with Crippen LogP contribution in [0.1, 0.15) is 5.82 Å². The summed E-state index contributed by atoms with van der Waals surface area (Å²) >= 11 is 0. The molecule has 0 aliphatic heterocycles. The van der Waals surface area contributed by atoms with Gasteiger partial charge in [-0.15, -0.1) is 0 Å². The second-order valence-electron chi connectivity index (χ2n) is 6.37. The molecule has 4 aromatic rings. The van der Waals surface area contributed by atoms with Crippen LogP contribution in [-0.4, -0.2) is 27.9 Å². The van der Waals surface area contributed by atoms with E-state index >= 15 is 0 Å². The number of sulfonamides is 1. The average Bonchev–Trinajstić information content (AvgIpc) is 3.16. The molecule has 0 saturated heterocycles. The molecule has 2 aromatic heterocycles. The van der Waals surface area contributed by atoms with Gasteiger partial charge in [0.1, 0.15) is 29.6 Å². The summed E-state index contributed by atoms with van der Waals surface area (Å²) in [7, 11) is -3.80. The lowest BCUT2D eigenvalue weighted by Gasteiger charge is -2.10. The fourth-order valence-electron chi connectivity index (χ4n) is 2.76. The molecular weight excluding hydrogens is 407 g/mol. The zero-order valence-electron chi connectivity index (χ0n) is 15.8. The van der Waals surface area contributed by atoms with Crippen LogP contribution in [0.15, 0.2) is 78.2 Å². The predicted molar refractivity (Wildman–Crippen MR) is 111 cm³/mol. The second-order valence-corrected chi connectivity index (χ2v) is 8.05. The number of halogens is 1. The van der Waals surface area contributed by atoms with E-state index in [9.17, 15) is 12.8 Å². The van der Waals surface area contributed by atoms with E-state index in [0.717, 1.165) is 18.0 Å². The number of hydrogen-bond donors (Lipinski definition) is 2. The third-order valence-electron chi connectivity index (χ3n) is 4.26. The highest BCUT2D eigenvalue weighted by Crippen LogP contribution is 2.21. The summed E-state index contributed by atoms with van der Waals surface area (Å²) in [6, 6.07) is 13.1. The van der Waals surface area contributed by atoms with Crippen molar-refractivity contribution in [3.05, 3.63) is 85.0 Å². The van der Waals surface area contributed by atoms with Crippen molar-refractivity contribution >= 4 is 27.2 Å². The molecule has 0 fully saturated rings. The highest BCUT2D eigenvalue weighted by Gasteiger charge is 2.14. The normalized spacial score (nSPS) is 11.3. The minimum Gasteiger partial charge on any atom is -0.340 e. The topological polar surface area (TPSA) is 102 Å². The minimum atomic E-state index is -3.80. The number of nitrogens with one attached hydrogen (secondary N) is 2. The van der Waals surface area contributed by atoms with Crippen molar-refractivity contribution in [2.75, 3.05) is 10.0 Å². The first kappa shape index (κ1) is 19.5. The molecule has 0 aliphatic carbocycles. The van der Waals surface area contributed by atoms with Gasteiger partial charge < -0.3 is 5.32 Å². The van der Waals surface area contributed by atoms with Crippen molar-refractivity contribution in [3.63, 3.8) is 0 Å². The van der Waals surface area contributed by atoms with Gasteiger partial charge in [-0.25, -0.2) is 27.8 Å². The van der Waals surface area contributed by atoms with E-state index in [-0.39, 0.29) is 4.90 Å². The molecule has 0 bridgehead atoms. The van der Waals surface area contributed by atoms with Gasteiger partial charge in [0.15, 0.2) is 0 Å². The summed E-state index contributed by atoms with van der Waals surface area (Å²) in [5, 5.41) is 3.15. The quantitative estimate of drug-likeness (QED) is 0.490. The van der Waals surface area contributed by atoms with Gasteiger partial charge in [0.2, 0.25) is 0 Å². The van der Waals surface area contributed by atoms with Crippen LogP contribution in [0, 0.1) is 12.7 Å². The molecule has 30 heavy (non-hydrogen) atoms. The van der Waals surface area contributed by atoms with Crippen molar-refractivity contribution in [2.24, 2.45) is 0 Å². The molecule has 2 N–H and O–H groups in total. The number of aryl methyl sites for hydroxylation is 1. The van der Waals surface area contributed by atoms with Gasteiger partial charge in [0.05, 0.1) is 4.90 Å². The fraction of sp³-hybridized carbons (Fsp3) is 0.0500. The molecule has 152 valence electrons. The first-order valence-electron chi connectivity index (χ1n) is 8.88. The number of benzene rings is 2. The fourth-order valence-corrected chi connectivity index (χ4v) is 3.82. The van der Waals surface area contributed by atoms with E-state index in [1.807, 2.05) is 17.7 Å². The van der Waals surface area contributed by atoms with Gasteiger partial charge in [-0.3, -0.25) is 9.29 Å². The summed E-state index contributed by atoms with van der Waals surface area (Å²) in [4.78, 5) is 12.6. The van der Waals surface area contributed by atoms with E-state index in [0.29, 0.717) is 23.0 Å². The van der Waals surface area contributed by atoms with E-state index in [1.54, 1.807) is 36.5 Å². The number of aromatic nitrogens is 4. The molecule has 0 radical (unpaired) electrons. The Hall–Kier alpha value is -3.79. The maximum Gasteiger partial charge on any atom is 0.261 e. The van der Waals surface area contributed by atoms with Gasteiger partial charge in [0, 0.05) is 29.8 Å². The molecule has 0 unspecified atom stereocenters. The Kier molecular flexibility index (Phi) is 5.15. The number of rotatable bonds is 6. The van der Waals surface area contributed by atoms with Crippen molar-refractivity contribution < 1.29 is 12.8 Å². The first-order valence-corrected chi connectivity index (χ1v) is 10.4. The molecule has 0 aliphatic rings. The number of imidazole rings is 1. The summed E-state index contributed by atoms with van der Waals surface area (Å²) in [6.45, 7) is 1.88. The van der Waals surface area contributed by atoms with E-state index < -0.39 is 15.8 Å². The van der Waals surface area contributed by atoms with Gasteiger partial charge in [-0.1, -0.05) is 0 Å². The third-order valence-corrected chi connectivity index (χ3v) is 5.66. The van der Waals surface area contributed by atoms with Crippen LogP contribution in [0.4, 0.5) is 21.6 Å². The maximum atomic E-state index is 13.0. The third kappa shape index (κ3) is 4.28. The monoisotopic (exact) mass is 424 g/mol. The molecular formula is C20H17FN6O2S. The Bertz CT molecular complexity index is 1270. The lowest BCUT2D eigenvalue weighted by Crippen LogP contribution is -2.12. The number of hydrogen-bond acceptors (Lipinski definition) is 6. The van der Waals surface area contributed by atoms with Gasteiger partial charge in [-0.05, 0) is 55.5 Å². The van der Waals surface area contributed by atoms with Crippen LogP contribution in [0.5, 0.6) is 0 Å². The molecule has 4 rings (SSSR count). The molecule has 10 heteroatoms. The smallest absolute Gasteiger partial charge is 0.261 e. The van der Waals surface area contributed by atoms with Gasteiger partial charge in [-0.2, -0.15) is 0 Å². The van der Waals surface area contributed by atoms with E-state index in [2.05, 4.69) is 25.0 Å². The Balaban J connectivity index is 1.48. The summed E-state index contributed by atoms with van der Waals surface area (Å²) in [5.41, 5.74) is 1.09.